The van der Waals surface area contributed by atoms with E-state index in [1.165, 1.54) is 11.3 Å². The molecule has 1 aromatic heterocycles. The van der Waals surface area contributed by atoms with Crippen molar-refractivity contribution in [3.63, 3.8) is 0 Å². The Morgan fingerprint density at radius 3 is 2.37 bits per heavy atom. The van der Waals surface area contributed by atoms with Crippen molar-refractivity contribution in [2.24, 2.45) is 5.73 Å². The summed E-state index contributed by atoms with van der Waals surface area (Å²) in [5.74, 6) is -2.02. The Balaban J connectivity index is 2.26. The number of fused-ring (bicyclic) bond motifs is 1. The first-order valence-corrected chi connectivity index (χ1v) is 12.9. The van der Waals surface area contributed by atoms with Gasteiger partial charge in [0.1, 0.15) is 11.6 Å². The van der Waals surface area contributed by atoms with Crippen LogP contribution in [0.15, 0.2) is 18.2 Å². The number of carbonyl (C=O) groups excluding carboxylic acids is 2. The largest absolute Gasteiger partial charge is 0.506 e. The topological polar surface area (TPSA) is 83.6 Å². The van der Waals surface area contributed by atoms with Gasteiger partial charge in [-0.3, -0.25) is 4.79 Å². The maximum absolute atomic E-state index is 14.0. The monoisotopic (exact) mass is 444 g/mol. The van der Waals surface area contributed by atoms with E-state index < -0.39 is 25.8 Å². The fourth-order valence-corrected chi connectivity index (χ4v) is 7.22. The number of hydrogen-bond acceptors (Lipinski definition) is 4. The second-order valence-electron chi connectivity index (χ2n) is 7.02. The first kappa shape index (κ1) is 19.9. The van der Waals surface area contributed by atoms with Gasteiger partial charge in [-0.15, -0.1) is 11.3 Å². The first-order valence-electron chi connectivity index (χ1n) is 7.80. The molecule has 1 aliphatic heterocycles. The van der Waals surface area contributed by atoms with Gasteiger partial charge in [-0.1, -0.05) is 42.8 Å². The van der Waals surface area contributed by atoms with Crippen molar-refractivity contribution in [1.82, 2.24) is 0 Å². The van der Waals surface area contributed by atoms with E-state index >= 15 is 0 Å². The zero-order valence-corrected chi connectivity index (χ0v) is 17.9. The van der Waals surface area contributed by atoms with Crippen LogP contribution in [0.25, 0.3) is 11.3 Å². The molecule has 3 rings (SSSR count). The van der Waals surface area contributed by atoms with E-state index in [0.29, 0.717) is 14.8 Å². The fraction of sp³-hybridized carbons (Fsp3) is 0.176. The van der Waals surface area contributed by atoms with Gasteiger partial charge in [0.25, 0.3) is 5.91 Å². The number of imide groups is 1. The van der Waals surface area contributed by atoms with Crippen LogP contribution < -0.4 is 15.1 Å². The molecule has 0 radical (unpaired) electrons. The number of anilines is 1. The lowest BCUT2D eigenvalue weighted by atomic mass is 10.1. The summed E-state index contributed by atoms with van der Waals surface area (Å²) < 4.78 is 14.9. The Morgan fingerprint density at radius 1 is 1.22 bits per heavy atom. The van der Waals surface area contributed by atoms with Gasteiger partial charge >= 0.3 is 6.03 Å². The Bertz CT molecular complexity index is 1030. The zero-order valence-electron chi connectivity index (χ0n) is 14.6. The third kappa shape index (κ3) is 3.27. The lowest BCUT2D eigenvalue weighted by molar-refractivity contribution is -0.112. The van der Waals surface area contributed by atoms with Crippen molar-refractivity contribution < 1.29 is 19.1 Å². The molecule has 0 saturated heterocycles. The van der Waals surface area contributed by atoms with Crippen molar-refractivity contribution >= 4 is 76.1 Å². The van der Waals surface area contributed by atoms with Crippen molar-refractivity contribution in [3.05, 3.63) is 44.5 Å². The molecule has 10 heteroatoms. The molecular weight excluding hydrogens is 430 g/mol. The van der Waals surface area contributed by atoms with Crippen LogP contribution >= 0.6 is 34.5 Å². The number of amides is 3. The third-order valence-corrected chi connectivity index (χ3v) is 9.61. The molecule has 0 aliphatic carbocycles. The van der Waals surface area contributed by atoms with Crippen molar-refractivity contribution in [1.29, 1.82) is 0 Å². The van der Waals surface area contributed by atoms with Crippen LogP contribution in [0.2, 0.25) is 29.7 Å². The number of urea groups is 1. The van der Waals surface area contributed by atoms with Crippen LogP contribution in [-0.2, 0) is 4.79 Å². The second kappa shape index (κ2) is 6.63. The molecule has 0 spiro atoms. The van der Waals surface area contributed by atoms with E-state index in [1.807, 2.05) is 0 Å². The van der Waals surface area contributed by atoms with Gasteiger partial charge in [-0.2, -0.15) is 0 Å². The molecular formula is C17H15Cl2FN2O3SSi. The van der Waals surface area contributed by atoms with E-state index in [-0.39, 0.29) is 27.6 Å². The van der Waals surface area contributed by atoms with Crippen molar-refractivity contribution in [2.45, 2.75) is 19.6 Å². The van der Waals surface area contributed by atoms with Crippen LogP contribution in [0.1, 0.15) is 10.4 Å². The molecule has 3 amide bonds. The Kier molecular flexibility index (Phi) is 4.88. The predicted octanol–water partition coefficient (Wildman–Crippen LogP) is 4.59. The number of carbonyl (C=O) groups is 2. The quantitative estimate of drug-likeness (QED) is 0.403. The van der Waals surface area contributed by atoms with Crippen LogP contribution in [0.3, 0.4) is 0 Å². The molecule has 5 nitrogen and oxygen atoms in total. The fourth-order valence-electron chi connectivity index (χ4n) is 2.83. The summed E-state index contributed by atoms with van der Waals surface area (Å²) in [6, 6.07) is 2.63. The number of aliphatic hydroxyl groups is 1. The summed E-state index contributed by atoms with van der Waals surface area (Å²) in [7, 11) is -1.77. The van der Waals surface area contributed by atoms with Gasteiger partial charge in [0.05, 0.1) is 34.3 Å². The van der Waals surface area contributed by atoms with Gasteiger partial charge in [0, 0.05) is 10.1 Å². The molecule has 2 heterocycles. The molecule has 3 N–H and O–H groups in total. The van der Waals surface area contributed by atoms with Crippen molar-refractivity contribution in [2.75, 3.05) is 4.90 Å². The highest BCUT2D eigenvalue weighted by atomic mass is 35.5. The van der Waals surface area contributed by atoms with Gasteiger partial charge < -0.3 is 10.8 Å². The van der Waals surface area contributed by atoms with Crippen LogP contribution in [0.5, 0.6) is 0 Å². The summed E-state index contributed by atoms with van der Waals surface area (Å²) in [5.41, 5.74) is 5.13. The van der Waals surface area contributed by atoms with E-state index in [9.17, 15) is 19.1 Å². The lowest BCUT2D eigenvalue weighted by Crippen LogP contribution is -2.38. The average Bonchev–Trinajstić information content (AvgIpc) is 3.05. The Morgan fingerprint density at radius 2 is 1.85 bits per heavy atom. The minimum atomic E-state index is -1.77. The summed E-state index contributed by atoms with van der Waals surface area (Å²) in [5, 5.41) is 11.0. The van der Waals surface area contributed by atoms with Gasteiger partial charge in [0.2, 0.25) is 0 Å². The van der Waals surface area contributed by atoms with Gasteiger partial charge in [0.15, 0.2) is 0 Å². The molecule has 0 unspecified atom stereocenters. The minimum Gasteiger partial charge on any atom is -0.506 e. The summed E-state index contributed by atoms with van der Waals surface area (Å²) in [6.07, 6.45) is 0. The average molecular weight is 445 g/mol. The number of halogens is 3. The normalized spacial score (nSPS) is 15.9. The molecule has 0 atom stereocenters. The number of nitrogens with zero attached hydrogens (tertiary/aromatic N) is 1. The van der Waals surface area contributed by atoms with Crippen molar-refractivity contribution in [3.8, 4) is 0 Å². The zero-order chi connectivity index (χ0) is 20.3. The first-order chi connectivity index (χ1) is 12.4. The molecule has 0 bridgehead atoms. The van der Waals surface area contributed by atoms with Gasteiger partial charge in [-0.25, -0.2) is 14.1 Å². The standard InChI is InChI=1S/C17H15Cl2FN2O3SSi/c1-27(2,3)16-9(19)6-12(26-16)14(23)13-7-4-10(20)8(18)5-11(7)22(15(13)24)17(21)25/h4-6,23H,1-3H3,(H2,21,25). The molecule has 2 aromatic rings. The highest BCUT2D eigenvalue weighted by molar-refractivity contribution is 7.28. The third-order valence-electron chi connectivity index (χ3n) is 4.02. The number of primary amides is 1. The molecule has 0 fully saturated rings. The van der Waals surface area contributed by atoms with E-state index in [1.54, 1.807) is 6.07 Å². The highest BCUT2D eigenvalue weighted by Crippen LogP contribution is 2.43. The van der Waals surface area contributed by atoms with Gasteiger partial charge in [-0.05, 0) is 18.2 Å². The molecule has 0 saturated carbocycles. The van der Waals surface area contributed by atoms with E-state index in [4.69, 9.17) is 28.9 Å². The number of nitrogens with two attached hydrogens (primary N) is 1. The summed E-state index contributed by atoms with van der Waals surface area (Å²) in [6.45, 7) is 6.29. The predicted molar refractivity (Wildman–Crippen MR) is 110 cm³/mol. The number of rotatable bonds is 2. The SMILES string of the molecule is C[Si](C)(C)c1sc(C(O)=C2C(=O)N(C(N)=O)c3cc(Cl)c(F)cc32)cc1Cl. The smallest absolute Gasteiger partial charge is 0.326 e. The lowest BCUT2D eigenvalue weighted by Gasteiger charge is -2.13. The summed E-state index contributed by atoms with van der Waals surface area (Å²) >= 11 is 13.4. The highest BCUT2D eigenvalue weighted by Gasteiger charge is 2.40. The maximum Gasteiger partial charge on any atom is 0.326 e. The Hall–Kier alpha value is -1.87. The molecule has 1 aromatic carbocycles. The van der Waals surface area contributed by atoms with Crippen LogP contribution in [0, 0.1) is 5.82 Å². The van der Waals surface area contributed by atoms with Crippen LogP contribution in [0.4, 0.5) is 14.9 Å². The number of aliphatic hydroxyl groups excluding tert-OH is 1. The molecule has 27 heavy (non-hydrogen) atoms. The second-order valence-corrected chi connectivity index (χ2v) is 14.3. The minimum absolute atomic E-state index is 0.0218. The number of thiophene rings is 1. The van der Waals surface area contributed by atoms with E-state index in [0.717, 1.165) is 16.6 Å². The maximum atomic E-state index is 14.0. The summed E-state index contributed by atoms with van der Waals surface area (Å²) in [4.78, 5) is 25.5. The molecule has 1 aliphatic rings. The number of benzene rings is 1. The molecule has 142 valence electrons. The number of hydrogen-bond donors (Lipinski definition) is 2. The Labute approximate surface area is 169 Å². The van der Waals surface area contributed by atoms with Crippen LogP contribution in [-0.4, -0.2) is 25.1 Å². The van der Waals surface area contributed by atoms with E-state index in [2.05, 4.69) is 19.6 Å².